The molecule has 0 fully saturated rings. The molecule has 2 aromatic rings. The van der Waals surface area contributed by atoms with Crippen molar-refractivity contribution in [3.05, 3.63) is 30.0 Å². The lowest BCUT2D eigenvalue weighted by Gasteiger charge is -2.08. The first-order chi connectivity index (χ1) is 9.70. The maximum absolute atomic E-state index is 11.6. The van der Waals surface area contributed by atoms with Crippen LogP contribution >= 0.6 is 0 Å². The molecule has 1 amide bonds. The van der Waals surface area contributed by atoms with Gasteiger partial charge >= 0.3 is 0 Å². The summed E-state index contributed by atoms with van der Waals surface area (Å²) >= 11 is 0. The summed E-state index contributed by atoms with van der Waals surface area (Å²) in [6.07, 6.45) is 0. The molecule has 0 atom stereocenters. The van der Waals surface area contributed by atoms with E-state index in [0.29, 0.717) is 24.7 Å². The second-order valence-electron chi connectivity index (χ2n) is 3.78. The van der Waals surface area contributed by atoms with Crippen LogP contribution in [-0.2, 0) is 0 Å². The number of benzene rings is 1. The number of methoxy groups -OCH3 is 1. The zero-order valence-electron chi connectivity index (χ0n) is 10.8. The number of nitrogens with two attached hydrogens (primary N) is 1. The van der Waals surface area contributed by atoms with Crippen LogP contribution < -0.4 is 20.5 Å². The van der Waals surface area contributed by atoms with Gasteiger partial charge in [0.05, 0.1) is 13.7 Å². The van der Waals surface area contributed by atoms with Gasteiger partial charge in [-0.15, -0.1) is 0 Å². The van der Waals surface area contributed by atoms with Crippen LogP contribution in [0.15, 0.2) is 28.9 Å². The number of nitrogens with one attached hydrogen (secondary N) is 1. The molecule has 20 heavy (non-hydrogen) atoms. The predicted molar refractivity (Wildman–Crippen MR) is 69.5 cm³/mol. The molecule has 0 saturated heterocycles. The third kappa shape index (κ3) is 3.37. The Bertz CT molecular complexity index is 584. The van der Waals surface area contributed by atoms with Gasteiger partial charge in [0.1, 0.15) is 18.1 Å². The third-order valence-corrected chi connectivity index (χ3v) is 2.43. The van der Waals surface area contributed by atoms with Crippen molar-refractivity contribution in [3.8, 4) is 11.5 Å². The molecule has 2 rings (SSSR count). The van der Waals surface area contributed by atoms with Crippen molar-refractivity contribution >= 4 is 11.7 Å². The van der Waals surface area contributed by atoms with E-state index in [1.807, 2.05) is 12.1 Å². The molecular formula is C12H14N4O4. The molecule has 0 unspecified atom stereocenters. The molecular weight excluding hydrogens is 264 g/mol. The SMILES string of the molecule is COc1cccc(OCCNC(=O)c2nonc2N)c1. The molecule has 0 spiro atoms. The second-order valence-corrected chi connectivity index (χ2v) is 3.78. The standard InChI is InChI=1S/C12H14N4O4/c1-18-8-3-2-4-9(7-8)19-6-5-14-12(17)10-11(13)16-20-15-10/h2-4,7H,5-6H2,1H3,(H2,13,16)(H,14,17). The molecule has 0 saturated carbocycles. The number of hydrogen-bond acceptors (Lipinski definition) is 7. The van der Waals surface area contributed by atoms with Crippen LogP contribution in [0.1, 0.15) is 10.5 Å². The van der Waals surface area contributed by atoms with Gasteiger partial charge in [0.2, 0.25) is 11.5 Å². The molecule has 0 radical (unpaired) electrons. The number of carbonyl (C=O) groups is 1. The molecule has 0 aliphatic heterocycles. The summed E-state index contributed by atoms with van der Waals surface area (Å²) in [5.41, 5.74) is 5.36. The number of amides is 1. The van der Waals surface area contributed by atoms with E-state index in [9.17, 15) is 4.79 Å². The lowest BCUT2D eigenvalue weighted by atomic mass is 10.3. The number of anilines is 1. The summed E-state index contributed by atoms with van der Waals surface area (Å²) in [5, 5.41) is 9.30. The lowest BCUT2D eigenvalue weighted by Crippen LogP contribution is -2.28. The van der Waals surface area contributed by atoms with E-state index in [2.05, 4.69) is 20.3 Å². The highest BCUT2D eigenvalue weighted by Gasteiger charge is 2.14. The van der Waals surface area contributed by atoms with Gasteiger partial charge in [0.25, 0.3) is 5.91 Å². The summed E-state index contributed by atoms with van der Waals surface area (Å²) in [7, 11) is 1.58. The Kier molecular flexibility index (Phi) is 4.38. The Balaban J connectivity index is 1.76. The molecule has 1 aromatic carbocycles. The molecule has 0 aliphatic carbocycles. The van der Waals surface area contributed by atoms with Crippen LogP contribution in [0.4, 0.5) is 5.82 Å². The molecule has 8 heteroatoms. The number of nitrogens with zero attached hydrogens (tertiary/aromatic N) is 2. The van der Waals surface area contributed by atoms with E-state index in [4.69, 9.17) is 15.2 Å². The summed E-state index contributed by atoms with van der Waals surface area (Å²) in [4.78, 5) is 11.6. The van der Waals surface area contributed by atoms with E-state index in [1.165, 1.54) is 0 Å². The topological polar surface area (TPSA) is 112 Å². The van der Waals surface area contributed by atoms with E-state index in [1.54, 1.807) is 19.2 Å². The Morgan fingerprint density at radius 2 is 2.20 bits per heavy atom. The molecule has 106 valence electrons. The van der Waals surface area contributed by atoms with Gasteiger partial charge in [0, 0.05) is 6.07 Å². The van der Waals surface area contributed by atoms with Crippen molar-refractivity contribution in [2.45, 2.75) is 0 Å². The fourth-order valence-corrected chi connectivity index (χ4v) is 1.46. The zero-order chi connectivity index (χ0) is 14.4. The van der Waals surface area contributed by atoms with Gasteiger partial charge in [-0.2, -0.15) is 0 Å². The van der Waals surface area contributed by atoms with Crippen LogP contribution in [0, 0.1) is 0 Å². The van der Waals surface area contributed by atoms with Gasteiger partial charge in [-0.1, -0.05) is 6.07 Å². The van der Waals surface area contributed by atoms with Crippen molar-refractivity contribution in [2.24, 2.45) is 0 Å². The van der Waals surface area contributed by atoms with Crippen LogP contribution in [0.3, 0.4) is 0 Å². The Hall–Kier alpha value is -2.77. The maximum atomic E-state index is 11.6. The third-order valence-electron chi connectivity index (χ3n) is 2.43. The molecule has 8 nitrogen and oxygen atoms in total. The van der Waals surface area contributed by atoms with Crippen molar-refractivity contribution in [2.75, 3.05) is 26.0 Å². The predicted octanol–water partition coefficient (Wildman–Crippen LogP) is 0.469. The number of nitrogen functional groups attached to an aromatic ring is 1. The lowest BCUT2D eigenvalue weighted by molar-refractivity contribution is 0.0937. The second kappa shape index (κ2) is 6.41. The summed E-state index contributed by atoms with van der Waals surface area (Å²) < 4.78 is 14.9. The Labute approximate surface area is 114 Å². The van der Waals surface area contributed by atoms with Gasteiger partial charge in [-0.05, 0) is 22.4 Å². The first-order valence-corrected chi connectivity index (χ1v) is 5.84. The van der Waals surface area contributed by atoms with Gasteiger partial charge < -0.3 is 20.5 Å². The monoisotopic (exact) mass is 278 g/mol. The molecule has 1 heterocycles. The molecule has 3 N–H and O–H groups in total. The number of rotatable bonds is 6. The summed E-state index contributed by atoms with van der Waals surface area (Å²) in [6.45, 7) is 0.590. The van der Waals surface area contributed by atoms with Crippen molar-refractivity contribution < 1.29 is 18.9 Å². The van der Waals surface area contributed by atoms with Crippen molar-refractivity contribution in [1.29, 1.82) is 0 Å². The van der Waals surface area contributed by atoms with Gasteiger partial charge in [0.15, 0.2) is 0 Å². The van der Waals surface area contributed by atoms with E-state index in [-0.39, 0.29) is 11.5 Å². The number of ether oxygens (including phenoxy) is 2. The first kappa shape index (κ1) is 13.7. The average molecular weight is 278 g/mol. The smallest absolute Gasteiger partial charge is 0.277 e. The average Bonchev–Trinajstić information content (AvgIpc) is 2.90. The fraction of sp³-hybridized carbons (Fsp3) is 0.250. The highest BCUT2D eigenvalue weighted by Crippen LogP contribution is 2.18. The Morgan fingerprint density at radius 1 is 1.40 bits per heavy atom. The largest absolute Gasteiger partial charge is 0.497 e. The van der Waals surface area contributed by atoms with Crippen LogP contribution in [0.2, 0.25) is 0 Å². The first-order valence-electron chi connectivity index (χ1n) is 5.84. The number of hydrogen-bond donors (Lipinski definition) is 2. The number of carbonyl (C=O) groups excluding carboxylic acids is 1. The Morgan fingerprint density at radius 3 is 2.90 bits per heavy atom. The summed E-state index contributed by atoms with van der Waals surface area (Å²) in [5.74, 6) is 0.850. The van der Waals surface area contributed by atoms with Gasteiger partial charge in [-0.25, -0.2) is 4.63 Å². The van der Waals surface area contributed by atoms with E-state index < -0.39 is 5.91 Å². The maximum Gasteiger partial charge on any atom is 0.277 e. The minimum Gasteiger partial charge on any atom is -0.497 e. The molecule has 1 aromatic heterocycles. The van der Waals surface area contributed by atoms with Crippen molar-refractivity contribution in [3.63, 3.8) is 0 Å². The normalized spacial score (nSPS) is 10.1. The summed E-state index contributed by atoms with van der Waals surface area (Å²) in [6, 6.07) is 7.18. The quantitative estimate of drug-likeness (QED) is 0.738. The van der Waals surface area contributed by atoms with Crippen molar-refractivity contribution in [1.82, 2.24) is 15.6 Å². The minimum absolute atomic E-state index is 0.0358. The highest BCUT2D eigenvalue weighted by molar-refractivity contribution is 5.95. The highest BCUT2D eigenvalue weighted by atomic mass is 16.6. The van der Waals surface area contributed by atoms with Gasteiger partial charge in [-0.3, -0.25) is 4.79 Å². The van der Waals surface area contributed by atoms with Crippen LogP contribution in [-0.4, -0.2) is 36.5 Å². The minimum atomic E-state index is -0.460. The van der Waals surface area contributed by atoms with Crippen LogP contribution in [0.5, 0.6) is 11.5 Å². The van der Waals surface area contributed by atoms with Crippen LogP contribution in [0.25, 0.3) is 0 Å². The number of aromatic nitrogens is 2. The molecule has 0 aliphatic rings. The molecule has 0 bridgehead atoms. The fourth-order valence-electron chi connectivity index (χ4n) is 1.46. The zero-order valence-corrected chi connectivity index (χ0v) is 10.8. The van der Waals surface area contributed by atoms with E-state index in [0.717, 1.165) is 0 Å². The van der Waals surface area contributed by atoms with E-state index >= 15 is 0 Å².